The van der Waals surface area contributed by atoms with Gasteiger partial charge in [0.1, 0.15) is 0 Å². The van der Waals surface area contributed by atoms with Gasteiger partial charge in [-0.1, -0.05) is 32.0 Å². The van der Waals surface area contributed by atoms with Crippen molar-refractivity contribution < 1.29 is 14.7 Å². The first-order valence-electron chi connectivity index (χ1n) is 8.65. The molecule has 0 aliphatic carbocycles. The van der Waals surface area contributed by atoms with Crippen molar-refractivity contribution in [3.63, 3.8) is 0 Å². The van der Waals surface area contributed by atoms with Crippen molar-refractivity contribution in [1.82, 2.24) is 0 Å². The molecule has 2 aromatic rings. The van der Waals surface area contributed by atoms with Gasteiger partial charge in [0, 0.05) is 18.7 Å². The molecule has 0 bridgehead atoms. The normalized spacial score (nSPS) is 11.7. The number of hydrogen-bond donors (Lipinski definition) is 4. The van der Waals surface area contributed by atoms with Crippen LogP contribution in [0.2, 0.25) is 0 Å². The average molecular weight is 372 g/mol. The number of thiol groups is 1. The molecule has 0 aliphatic heterocycles. The van der Waals surface area contributed by atoms with Gasteiger partial charge in [0.05, 0.1) is 16.5 Å². The quantitative estimate of drug-likeness (QED) is 0.512. The summed E-state index contributed by atoms with van der Waals surface area (Å²) in [6, 6.07) is 12.9. The Morgan fingerprint density at radius 1 is 1.12 bits per heavy atom. The molecule has 0 heterocycles. The highest BCUT2D eigenvalue weighted by molar-refractivity contribution is 7.80. The summed E-state index contributed by atoms with van der Waals surface area (Å²) < 4.78 is 0. The smallest absolute Gasteiger partial charge is 0.337 e. The van der Waals surface area contributed by atoms with Crippen LogP contribution in [-0.2, 0) is 4.79 Å². The lowest BCUT2D eigenvalue weighted by molar-refractivity contribution is -0.115. The predicted octanol–water partition coefficient (Wildman–Crippen LogP) is 4.57. The molecule has 5 nitrogen and oxygen atoms in total. The van der Waals surface area contributed by atoms with E-state index in [9.17, 15) is 14.7 Å². The van der Waals surface area contributed by atoms with Crippen LogP contribution in [-0.4, -0.2) is 23.5 Å². The number of carbonyl (C=O) groups is 2. The topological polar surface area (TPSA) is 78.4 Å². The summed E-state index contributed by atoms with van der Waals surface area (Å²) in [5.41, 5.74) is 3.09. The Kier molecular flexibility index (Phi) is 7.09. The van der Waals surface area contributed by atoms with Gasteiger partial charge in [0.2, 0.25) is 5.91 Å². The van der Waals surface area contributed by atoms with E-state index < -0.39 is 5.97 Å². The fourth-order valence-corrected chi connectivity index (χ4v) is 2.86. The van der Waals surface area contributed by atoms with E-state index in [4.69, 9.17) is 0 Å². The van der Waals surface area contributed by atoms with Gasteiger partial charge in [-0.2, -0.15) is 12.6 Å². The number of benzene rings is 2. The van der Waals surface area contributed by atoms with Gasteiger partial charge in [0.15, 0.2) is 0 Å². The van der Waals surface area contributed by atoms with E-state index in [-0.39, 0.29) is 23.1 Å². The van der Waals surface area contributed by atoms with Gasteiger partial charge in [-0.25, -0.2) is 4.79 Å². The first-order valence-corrected chi connectivity index (χ1v) is 9.16. The monoisotopic (exact) mass is 372 g/mol. The van der Waals surface area contributed by atoms with Gasteiger partial charge < -0.3 is 15.7 Å². The zero-order valence-corrected chi connectivity index (χ0v) is 15.8. The molecule has 1 amide bonds. The maximum absolute atomic E-state index is 11.6. The van der Waals surface area contributed by atoms with Gasteiger partial charge in [-0.3, -0.25) is 4.79 Å². The lowest BCUT2D eigenvalue weighted by Crippen LogP contribution is -2.13. The van der Waals surface area contributed by atoms with Gasteiger partial charge in [0.25, 0.3) is 0 Å². The maximum Gasteiger partial charge on any atom is 0.337 e. The molecule has 0 aliphatic rings. The Labute approximate surface area is 159 Å². The molecule has 26 heavy (non-hydrogen) atoms. The summed E-state index contributed by atoms with van der Waals surface area (Å²) in [6.07, 6.45) is 1.31. The van der Waals surface area contributed by atoms with E-state index >= 15 is 0 Å². The van der Waals surface area contributed by atoms with Crippen molar-refractivity contribution in [1.29, 1.82) is 0 Å². The minimum Gasteiger partial charge on any atom is -0.478 e. The Bertz CT molecular complexity index is 792. The Morgan fingerprint density at radius 3 is 2.50 bits per heavy atom. The molecule has 2 rings (SSSR count). The second-order valence-corrected chi connectivity index (χ2v) is 6.48. The minimum absolute atomic E-state index is 0.0589. The number of aromatic carboxylic acids is 1. The van der Waals surface area contributed by atoms with Crippen LogP contribution < -0.4 is 10.6 Å². The highest BCUT2D eigenvalue weighted by atomic mass is 32.1. The molecule has 0 fully saturated rings. The molecule has 1 atom stereocenters. The van der Waals surface area contributed by atoms with Crippen LogP contribution in [0.1, 0.15) is 53.4 Å². The van der Waals surface area contributed by atoms with Crippen molar-refractivity contribution in [2.75, 3.05) is 17.2 Å². The minimum atomic E-state index is -1.09. The summed E-state index contributed by atoms with van der Waals surface area (Å²) in [5, 5.41) is 15.2. The van der Waals surface area contributed by atoms with Crippen LogP contribution in [0.3, 0.4) is 0 Å². The number of nitrogens with one attached hydrogen (secondary N) is 2. The summed E-state index contributed by atoms with van der Waals surface area (Å²) >= 11 is 4.68. The lowest BCUT2D eigenvalue weighted by Gasteiger charge is -2.16. The number of hydrogen-bond acceptors (Lipinski definition) is 4. The van der Waals surface area contributed by atoms with Crippen LogP contribution >= 0.6 is 12.6 Å². The summed E-state index contributed by atoms with van der Waals surface area (Å²) in [6.45, 7) is 4.70. The molecule has 0 aromatic heterocycles. The molecule has 138 valence electrons. The highest BCUT2D eigenvalue weighted by Gasteiger charge is 2.17. The summed E-state index contributed by atoms with van der Waals surface area (Å²) in [7, 11) is 0. The Balaban J connectivity index is 2.31. The van der Waals surface area contributed by atoms with Crippen LogP contribution in [0.5, 0.6) is 0 Å². The van der Waals surface area contributed by atoms with Crippen molar-refractivity contribution >= 4 is 35.9 Å². The third kappa shape index (κ3) is 5.02. The van der Waals surface area contributed by atoms with E-state index in [1.165, 1.54) is 0 Å². The maximum atomic E-state index is 11.6. The number of carboxylic acid groups (broad SMARTS) is 1. The van der Waals surface area contributed by atoms with Crippen LogP contribution in [0.25, 0.3) is 0 Å². The second kappa shape index (κ2) is 9.29. The SMILES string of the molecule is CCCNc1cccc(C(S)c2ccc(NC(=O)CC)c(C(=O)O)c2)c1. The van der Waals surface area contributed by atoms with Crippen molar-refractivity contribution in [2.24, 2.45) is 0 Å². The van der Waals surface area contributed by atoms with Crippen LogP contribution in [0, 0.1) is 0 Å². The summed E-state index contributed by atoms with van der Waals surface area (Å²) in [5.74, 6) is -1.31. The highest BCUT2D eigenvalue weighted by Crippen LogP contribution is 2.32. The number of carboxylic acids is 1. The van der Waals surface area contributed by atoms with E-state index in [0.29, 0.717) is 5.69 Å². The van der Waals surface area contributed by atoms with Crippen LogP contribution in [0.15, 0.2) is 42.5 Å². The molecular weight excluding hydrogens is 348 g/mol. The fraction of sp³-hybridized carbons (Fsp3) is 0.300. The number of carbonyl (C=O) groups excluding carboxylic acids is 1. The number of rotatable bonds is 8. The number of anilines is 2. The molecule has 0 spiro atoms. The lowest BCUT2D eigenvalue weighted by atomic mass is 10.0. The van der Waals surface area contributed by atoms with E-state index in [1.54, 1.807) is 25.1 Å². The zero-order chi connectivity index (χ0) is 19.1. The van der Waals surface area contributed by atoms with Gasteiger partial charge in [-0.05, 0) is 41.8 Å². The molecule has 2 aromatic carbocycles. The van der Waals surface area contributed by atoms with Gasteiger partial charge in [-0.15, -0.1) is 0 Å². The Morgan fingerprint density at radius 2 is 1.85 bits per heavy atom. The van der Waals surface area contributed by atoms with E-state index in [2.05, 4.69) is 30.2 Å². The average Bonchev–Trinajstić information content (AvgIpc) is 2.66. The standard InChI is InChI=1S/C20H24N2O3S/c1-3-10-21-15-7-5-6-13(11-15)19(26)14-8-9-17(22-18(23)4-2)16(12-14)20(24)25/h5-9,11-12,19,21,26H,3-4,10H2,1-2H3,(H,22,23)(H,24,25). The van der Waals surface area contributed by atoms with Crippen molar-refractivity contribution in [2.45, 2.75) is 31.9 Å². The first-order chi connectivity index (χ1) is 12.5. The largest absolute Gasteiger partial charge is 0.478 e. The second-order valence-electron chi connectivity index (χ2n) is 5.97. The molecule has 1 unspecified atom stereocenters. The molecule has 0 saturated carbocycles. The molecule has 0 radical (unpaired) electrons. The number of amides is 1. The first kappa shape index (κ1) is 19.8. The fourth-order valence-electron chi connectivity index (χ4n) is 2.54. The molecule has 6 heteroatoms. The van der Waals surface area contributed by atoms with Crippen LogP contribution in [0.4, 0.5) is 11.4 Å². The third-order valence-corrected chi connectivity index (χ3v) is 4.56. The third-order valence-electron chi connectivity index (χ3n) is 3.97. The Hall–Kier alpha value is -2.47. The zero-order valence-electron chi connectivity index (χ0n) is 15.0. The van der Waals surface area contributed by atoms with E-state index in [0.717, 1.165) is 29.8 Å². The van der Waals surface area contributed by atoms with E-state index in [1.807, 2.05) is 24.3 Å². The van der Waals surface area contributed by atoms with Gasteiger partial charge >= 0.3 is 5.97 Å². The van der Waals surface area contributed by atoms with Crippen molar-refractivity contribution in [3.05, 3.63) is 59.2 Å². The predicted molar refractivity (Wildman–Crippen MR) is 108 cm³/mol. The molecular formula is C20H24N2O3S. The summed E-state index contributed by atoms with van der Waals surface area (Å²) in [4.78, 5) is 23.2. The van der Waals surface area contributed by atoms with Crippen molar-refractivity contribution in [3.8, 4) is 0 Å². The molecule has 3 N–H and O–H groups in total. The molecule has 0 saturated heterocycles.